The van der Waals surface area contributed by atoms with E-state index in [0.29, 0.717) is 16.5 Å². The molecule has 0 unspecified atom stereocenters. The number of nitrogens with zero attached hydrogens (tertiary/aromatic N) is 3. The van der Waals surface area contributed by atoms with Crippen molar-refractivity contribution in [3.8, 4) is 0 Å². The highest BCUT2D eigenvalue weighted by atomic mass is 35.5. The summed E-state index contributed by atoms with van der Waals surface area (Å²) in [5, 5.41) is 16.6. The molecule has 1 heterocycles. The molecule has 1 aliphatic rings. The minimum Gasteiger partial charge on any atom is -0.387 e. The van der Waals surface area contributed by atoms with Gasteiger partial charge >= 0.3 is 0 Å². The van der Waals surface area contributed by atoms with E-state index in [2.05, 4.69) is 10.1 Å². The molecule has 1 aromatic carbocycles. The Morgan fingerprint density at radius 2 is 2.19 bits per heavy atom. The van der Waals surface area contributed by atoms with Crippen molar-refractivity contribution >= 4 is 23.2 Å². The van der Waals surface area contributed by atoms with E-state index < -0.39 is 5.60 Å². The Morgan fingerprint density at radius 3 is 2.90 bits per heavy atom. The Morgan fingerprint density at radius 1 is 1.33 bits per heavy atom. The Hall–Kier alpha value is -1.10. The highest BCUT2D eigenvalue weighted by Gasteiger charge is 2.41. The molecule has 21 heavy (non-hydrogen) atoms. The average Bonchev–Trinajstić information content (AvgIpc) is 2.96. The van der Waals surface area contributed by atoms with Gasteiger partial charge in [0.2, 0.25) is 0 Å². The number of hydrogen-bond acceptors (Lipinski definition) is 3. The van der Waals surface area contributed by atoms with Crippen molar-refractivity contribution in [3.05, 3.63) is 46.5 Å². The summed E-state index contributed by atoms with van der Waals surface area (Å²) in [6, 6.07) is 5.34. The zero-order chi connectivity index (χ0) is 14.9. The van der Waals surface area contributed by atoms with Crippen LogP contribution in [0.5, 0.6) is 0 Å². The van der Waals surface area contributed by atoms with E-state index in [1.165, 1.54) is 6.33 Å². The van der Waals surface area contributed by atoms with Crippen LogP contribution in [0.25, 0.3) is 0 Å². The lowest BCUT2D eigenvalue weighted by Gasteiger charge is -2.40. The fraction of sp³-hybridized carbons (Fsp3) is 0.467. The summed E-state index contributed by atoms with van der Waals surface area (Å²) in [7, 11) is 0. The van der Waals surface area contributed by atoms with Crippen molar-refractivity contribution < 1.29 is 5.11 Å². The summed E-state index contributed by atoms with van der Waals surface area (Å²) < 4.78 is 1.77. The standard InChI is InChI=1S/C15H17Cl2N3O/c16-12-5-4-11(13(17)7-12)8-15(21)6-2-1-3-14(15)20-10-18-9-19-20/h4-5,7,9-10,14,21H,1-3,6,8H2/t14-,15-/m1/s1. The van der Waals surface area contributed by atoms with Gasteiger partial charge in [0.25, 0.3) is 0 Å². The molecule has 4 nitrogen and oxygen atoms in total. The minimum atomic E-state index is -0.858. The molecule has 1 fully saturated rings. The first-order chi connectivity index (χ1) is 10.1. The van der Waals surface area contributed by atoms with Gasteiger partial charge < -0.3 is 5.11 Å². The second kappa shape index (κ2) is 5.95. The molecule has 3 rings (SSSR count). The molecule has 0 aliphatic heterocycles. The van der Waals surface area contributed by atoms with E-state index in [4.69, 9.17) is 23.2 Å². The SMILES string of the molecule is O[C@@]1(Cc2ccc(Cl)cc2Cl)CCCC[C@H]1n1cncn1. The van der Waals surface area contributed by atoms with Gasteiger partial charge in [-0.05, 0) is 30.5 Å². The van der Waals surface area contributed by atoms with Crippen molar-refractivity contribution in [2.24, 2.45) is 0 Å². The molecule has 112 valence electrons. The topological polar surface area (TPSA) is 50.9 Å². The van der Waals surface area contributed by atoms with Crippen LogP contribution < -0.4 is 0 Å². The fourth-order valence-corrected chi connectivity index (χ4v) is 3.64. The molecule has 1 N–H and O–H groups in total. The smallest absolute Gasteiger partial charge is 0.137 e. The number of rotatable bonds is 3. The summed E-state index contributed by atoms with van der Waals surface area (Å²) in [5.41, 5.74) is 0.0549. The number of benzene rings is 1. The number of hydrogen-bond donors (Lipinski definition) is 1. The van der Waals surface area contributed by atoms with Crippen LogP contribution in [-0.2, 0) is 6.42 Å². The molecular formula is C15H17Cl2N3O. The van der Waals surface area contributed by atoms with Crippen LogP contribution >= 0.6 is 23.2 Å². The highest BCUT2D eigenvalue weighted by Crippen LogP contribution is 2.40. The first-order valence-electron chi connectivity index (χ1n) is 7.09. The third-order valence-corrected chi connectivity index (χ3v) is 4.81. The van der Waals surface area contributed by atoms with Gasteiger partial charge in [0, 0.05) is 16.5 Å². The summed E-state index contributed by atoms with van der Waals surface area (Å²) in [6.07, 6.45) is 7.39. The monoisotopic (exact) mass is 325 g/mol. The van der Waals surface area contributed by atoms with Gasteiger partial charge in [0.15, 0.2) is 0 Å². The molecular weight excluding hydrogens is 309 g/mol. The van der Waals surface area contributed by atoms with Crippen molar-refractivity contribution in [2.45, 2.75) is 43.7 Å². The summed E-state index contributed by atoms with van der Waals surface area (Å²) in [4.78, 5) is 4.00. The molecule has 0 saturated heterocycles. The lowest BCUT2D eigenvalue weighted by molar-refractivity contribution is -0.0452. The first kappa shape index (κ1) is 14.8. The van der Waals surface area contributed by atoms with Gasteiger partial charge in [-0.15, -0.1) is 0 Å². The zero-order valence-corrected chi connectivity index (χ0v) is 13.1. The summed E-state index contributed by atoms with van der Waals surface area (Å²) in [5.74, 6) is 0. The van der Waals surface area contributed by atoms with Gasteiger partial charge in [-0.1, -0.05) is 42.1 Å². The number of aliphatic hydroxyl groups is 1. The van der Waals surface area contributed by atoms with Crippen LogP contribution in [0.3, 0.4) is 0 Å². The van der Waals surface area contributed by atoms with Crippen molar-refractivity contribution in [3.63, 3.8) is 0 Å². The van der Waals surface area contributed by atoms with Gasteiger partial charge in [-0.25, -0.2) is 9.67 Å². The van der Waals surface area contributed by atoms with E-state index >= 15 is 0 Å². The predicted octanol–water partition coefficient (Wildman–Crippen LogP) is 3.67. The normalized spacial score (nSPS) is 26.0. The Bertz CT molecular complexity index is 617. The minimum absolute atomic E-state index is 0.0690. The predicted molar refractivity (Wildman–Crippen MR) is 82.6 cm³/mol. The highest BCUT2D eigenvalue weighted by molar-refractivity contribution is 6.35. The average molecular weight is 326 g/mol. The molecule has 6 heteroatoms. The van der Waals surface area contributed by atoms with Crippen LogP contribution in [0.4, 0.5) is 0 Å². The van der Waals surface area contributed by atoms with Crippen LogP contribution in [0, 0.1) is 0 Å². The maximum Gasteiger partial charge on any atom is 0.137 e. The molecule has 0 radical (unpaired) electrons. The number of aromatic nitrogens is 3. The zero-order valence-electron chi connectivity index (χ0n) is 11.5. The summed E-state index contributed by atoms with van der Waals surface area (Å²) in [6.45, 7) is 0. The van der Waals surface area contributed by atoms with Crippen molar-refractivity contribution in [2.75, 3.05) is 0 Å². The van der Waals surface area contributed by atoms with Gasteiger partial charge in [-0.3, -0.25) is 0 Å². The van der Waals surface area contributed by atoms with Gasteiger partial charge in [-0.2, -0.15) is 5.10 Å². The van der Waals surface area contributed by atoms with E-state index in [-0.39, 0.29) is 6.04 Å². The number of halogens is 2. The molecule has 0 spiro atoms. The van der Waals surface area contributed by atoms with E-state index in [1.807, 2.05) is 6.07 Å². The van der Waals surface area contributed by atoms with Gasteiger partial charge in [0.1, 0.15) is 12.7 Å². The molecule has 2 aromatic rings. The lowest BCUT2D eigenvalue weighted by Crippen LogP contribution is -2.44. The second-order valence-electron chi connectivity index (χ2n) is 5.65. The van der Waals surface area contributed by atoms with Crippen LogP contribution in [0.2, 0.25) is 10.0 Å². The van der Waals surface area contributed by atoms with Crippen LogP contribution in [0.15, 0.2) is 30.9 Å². The van der Waals surface area contributed by atoms with E-state index in [9.17, 15) is 5.11 Å². The maximum absolute atomic E-state index is 11.2. The van der Waals surface area contributed by atoms with E-state index in [0.717, 1.165) is 31.2 Å². The molecule has 0 amide bonds. The van der Waals surface area contributed by atoms with Crippen molar-refractivity contribution in [1.29, 1.82) is 0 Å². The molecule has 1 saturated carbocycles. The quantitative estimate of drug-likeness (QED) is 0.936. The third kappa shape index (κ3) is 3.07. The molecule has 2 atom stereocenters. The van der Waals surface area contributed by atoms with Crippen LogP contribution in [-0.4, -0.2) is 25.5 Å². The molecule has 1 aromatic heterocycles. The lowest BCUT2D eigenvalue weighted by atomic mass is 9.76. The largest absolute Gasteiger partial charge is 0.387 e. The molecule has 1 aliphatic carbocycles. The Kier molecular flexibility index (Phi) is 4.20. The Balaban J connectivity index is 1.89. The second-order valence-corrected chi connectivity index (χ2v) is 6.50. The maximum atomic E-state index is 11.2. The van der Waals surface area contributed by atoms with Gasteiger partial charge in [0.05, 0.1) is 11.6 Å². The fourth-order valence-electron chi connectivity index (χ4n) is 3.16. The first-order valence-corrected chi connectivity index (χ1v) is 7.84. The van der Waals surface area contributed by atoms with E-state index in [1.54, 1.807) is 23.1 Å². The van der Waals surface area contributed by atoms with Crippen LogP contribution in [0.1, 0.15) is 37.3 Å². The van der Waals surface area contributed by atoms with Crippen molar-refractivity contribution in [1.82, 2.24) is 14.8 Å². The molecule has 0 bridgehead atoms. The summed E-state index contributed by atoms with van der Waals surface area (Å²) >= 11 is 12.2. The third-order valence-electron chi connectivity index (χ3n) is 4.23. The Labute approximate surface area is 133 Å².